The molecule has 104 valence electrons. The molecule has 0 fully saturated rings. The summed E-state index contributed by atoms with van der Waals surface area (Å²) in [7, 11) is 0. The van der Waals surface area contributed by atoms with Crippen molar-refractivity contribution in [3.63, 3.8) is 0 Å². The highest BCUT2D eigenvalue weighted by molar-refractivity contribution is 6.66. The van der Waals surface area contributed by atoms with Gasteiger partial charge >= 0.3 is 6.92 Å². The van der Waals surface area contributed by atoms with Gasteiger partial charge in [0.05, 0.1) is 0 Å². The molecule has 2 aromatic carbocycles. The Hall–Kier alpha value is -1.74. The van der Waals surface area contributed by atoms with Gasteiger partial charge < -0.3 is 9.39 Å². The summed E-state index contributed by atoms with van der Waals surface area (Å²) in [4.78, 5) is 0. The first-order chi connectivity index (χ1) is 9.54. The minimum Gasteiger partial charge on any atom is -0.457 e. The highest BCUT2D eigenvalue weighted by atomic mass is 16.5. The summed E-state index contributed by atoms with van der Waals surface area (Å²) in [5.41, 5.74) is 2.39. The molecular weight excluding hydrogens is 247 g/mol. The summed E-state index contributed by atoms with van der Waals surface area (Å²) in [6.45, 7) is 8.32. The number of aryl methyl sites for hydroxylation is 1. The van der Waals surface area contributed by atoms with E-state index in [0.717, 1.165) is 17.0 Å². The van der Waals surface area contributed by atoms with E-state index in [4.69, 9.17) is 9.39 Å². The van der Waals surface area contributed by atoms with Gasteiger partial charge in [0.2, 0.25) is 0 Å². The van der Waals surface area contributed by atoms with Gasteiger partial charge in [-0.1, -0.05) is 36.7 Å². The first-order valence-corrected chi connectivity index (χ1v) is 7.04. The molecule has 0 amide bonds. The van der Waals surface area contributed by atoms with Crippen molar-refractivity contribution in [3.8, 4) is 11.5 Å². The molecule has 0 spiro atoms. The Morgan fingerprint density at radius 3 is 1.85 bits per heavy atom. The van der Waals surface area contributed by atoms with Gasteiger partial charge in [0.15, 0.2) is 0 Å². The number of rotatable bonds is 5. The predicted molar refractivity (Wildman–Crippen MR) is 85.2 cm³/mol. The molecule has 3 heteroatoms. The molecule has 0 saturated heterocycles. The Morgan fingerprint density at radius 1 is 0.850 bits per heavy atom. The van der Waals surface area contributed by atoms with Crippen molar-refractivity contribution < 1.29 is 9.39 Å². The molecule has 0 aliphatic carbocycles. The lowest BCUT2D eigenvalue weighted by molar-refractivity contribution is 0.250. The maximum atomic E-state index is 5.81. The zero-order chi connectivity index (χ0) is 14.5. The van der Waals surface area contributed by atoms with Gasteiger partial charge in [-0.15, -0.1) is 0 Å². The molecule has 0 N–H and O–H groups in total. The van der Waals surface area contributed by atoms with E-state index in [-0.39, 0.29) is 13.0 Å². The molecule has 0 atom stereocenters. The topological polar surface area (TPSA) is 18.5 Å². The smallest absolute Gasteiger partial charge is 0.323 e. The lowest BCUT2D eigenvalue weighted by atomic mass is 9.63. The molecule has 0 bridgehead atoms. The zero-order valence-corrected chi connectivity index (χ0v) is 12.6. The van der Waals surface area contributed by atoms with Crippen molar-refractivity contribution in [2.45, 2.75) is 33.7 Å². The van der Waals surface area contributed by atoms with Crippen LogP contribution >= 0.6 is 0 Å². The molecule has 0 aliphatic heterocycles. The fraction of sp³-hybridized carbons (Fsp3) is 0.294. The monoisotopic (exact) mass is 268 g/mol. The summed E-state index contributed by atoms with van der Waals surface area (Å²) in [5, 5.41) is 0. The lowest BCUT2D eigenvalue weighted by Gasteiger charge is -2.14. The van der Waals surface area contributed by atoms with Crippen molar-refractivity contribution in [2.24, 2.45) is 0 Å². The lowest BCUT2D eigenvalue weighted by Crippen LogP contribution is -2.32. The SMILES string of the molecule is CB(OC(C)C)c1ccc(Oc2ccc(C)cc2)cc1. The van der Waals surface area contributed by atoms with Crippen LogP contribution in [0.2, 0.25) is 6.82 Å². The van der Waals surface area contributed by atoms with Crippen LogP contribution in [-0.2, 0) is 4.65 Å². The molecule has 0 aromatic heterocycles. The highest BCUT2D eigenvalue weighted by Gasteiger charge is 2.13. The molecule has 20 heavy (non-hydrogen) atoms. The third-order valence-electron chi connectivity index (χ3n) is 3.08. The number of hydrogen-bond donors (Lipinski definition) is 0. The van der Waals surface area contributed by atoms with Crippen molar-refractivity contribution >= 4 is 12.4 Å². The van der Waals surface area contributed by atoms with E-state index in [1.54, 1.807) is 0 Å². The quantitative estimate of drug-likeness (QED) is 0.762. The first kappa shape index (κ1) is 14.7. The van der Waals surface area contributed by atoms with Crippen molar-refractivity contribution in [1.82, 2.24) is 0 Å². The number of hydrogen-bond acceptors (Lipinski definition) is 2. The van der Waals surface area contributed by atoms with Gasteiger partial charge in [-0.05, 0) is 50.5 Å². The van der Waals surface area contributed by atoms with Crippen LogP contribution in [0.15, 0.2) is 48.5 Å². The minimum atomic E-state index is 0.100. The van der Waals surface area contributed by atoms with Gasteiger partial charge in [-0.2, -0.15) is 0 Å². The molecule has 0 aliphatic rings. The summed E-state index contributed by atoms with van der Waals surface area (Å²) in [6.07, 6.45) is 0.230. The van der Waals surface area contributed by atoms with Crippen LogP contribution in [0.1, 0.15) is 19.4 Å². The summed E-state index contributed by atoms with van der Waals surface area (Å²) in [5.74, 6) is 1.70. The summed E-state index contributed by atoms with van der Waals surface area (Å²) >= 11 is 0. The Balaban J connectivity index is 2.02. The Morgan fingerprint density at radius 2 is 1.35 bits per heavy atom. The van der Waals surface area contributed by atoms with Crippen LogP contribution < -0.4 is 10.2 Å². The molecule has 2 nitrogen and oxygen atoms in total. The van der Waals surface area contributed by atoms with E-state index < -0.39 is 0 Å². The average molecular weight is 268 g/mol. The third-order valence-corrected chi connectivity index (χ3v) is 3.08. The number of benzene rings is 2. The normalized spacial score (nSPS) is 10.7. The van der Waals surface area contributed by atoms with E-state index in [9.17, 15) is 0 Å². The molecule has 0 radical (unpaired) electrons. The third kappa shape index (κ3) is 4.14. The van der Waals surface area contributed by atoms with E-state index in [2.05, 4.69) is 25.9 Å². The van der Waals surface area contributed by atoms with E-state index in [1.165, 1.54) is 5.56 Å². The molecular formula is C17H21BO2. The predicted octanol–water partition coefficient (Wildman–Crippen LogP) is 4.04. The molecule has 0 heterocycles. The summed E-state index contributed by atoms with van der Waals surface area (Å²) in [6, 6.07) is 16.1. The van der Waals surface area contributed by atoms with Crippen molar-refractivity contribution in [2.75, 3.05) is 0 Å². The van der Waals surface area contributed by atoms with Crippen LogP contribution in [0, 0.1) is 6.92 Å². The van der Waals surface area contributed by atoms with Gasteiger partial charge in [0.1, 0.15) is 11.5 Å². The number of ether oxygens (including phenoxy) is 1. The molecule has 2 rings (SSSR count). The van der Waals surface area contributed by atoms with Gasteiger partial charge in [0, 0.05) is 6.10 Å². The average Bonchev–Trinajstić information content (AvgIpc) is 2.41. The second-order valence-corrected chi connectivity index (χ2v) is 5.31. The van der Waals surface area contributed by atoms with Gasteiger partial charge in [-0.25, -0.2) is 0 Å². The summed E-state index contributed by atoms with van der Waals surface area (Å²) < 4.78 is 11.6. The van der Waals surface area contributed by atoms with E-state index in [1.807, 2.05) is 50.2 Å². The fourth-order valence-electron chi connectivity index (χ4n) is 2.04. The highest BCUT2D eigenvalue weighted by Crippen LogP contribution is 2.20. The largest absolute Gasteiger partial charge is 0.457 e. The Labute approximate surface area is 121 Å². The van der Waals surface area contributed by atoms with E-state index >= 15 is 0 Å². The molecule has 0 unspecified atom stereocenters. The Bertz CT molecular complexity index is 532. The van der Waals surface area contributed by atoms with Crippen LogP contribution in [0.4, 0.5) is 0 Å². The van der Waals surface area contributed by atoms with Crippen LogP contribution in [0.3, 0.4) is 0 Å². The van der Waals surface area contributed by atoms with E-state index in [0.29, 0.717) is 0 Å². The molecule has 2 aromatic rings. The fourth-order valence-corrected chi connectivity index (χ4v) is 2.04. The van der Waals surface area contributed by atoms with Crippen LogP contribution in [0.5, 0.6) is 11.5 Å². The van der Waals surface area contributed by atoms with Gasteiger partial charge in [-0.3, -0.25) is 0 Å². The van der Waals surface area contributed by atoms with Crippen molar-refractivity contribution in [1.29, 1.82) is 0 Å². The van der Waals surface area contributed by atoms with Crippen LogP contribution in [0.25, 0.3) is 0 Å². The maximum Gasteiger partial charge on any atom is 0.323 e. The van der Waals surface area contributed by atoms with Gasteiger partial charge in [0.25, 0.3) is 0 Å². The minimum absolute atomic E-state index is 0.100. The second-order valence-electron chi connectivity index (χ2n) is 5.31. The maximum absolute atomic E-state index is 5.81. The van der Waals surface area contributed by atoms with Crippen LogP contribution in [-0.4, -0.2) is 13.0 Å². The first-order valence-electron chi connectivity index (χ1n) is 7.04. The Kier molecular flexibility index (Phi) is 4.86. The zero-order valence-electron chi connectivity index (χ0n) is 12.6. The second kappa shape index (κ2) is 6.62. The van der Waals surface area contributed by atoms with Crippen molar-refractivity contribution in [3.05, 3.63) is 54.1 Å². The molecule has 0 saturated carbocycles. The standard InChI is InChI=1S/C17H21BO2/c1-13(2)20-18(4)15-7-11-17(12-8-15)19-16-9-5-14(3)6-10-16/h5-13H,1-4H3.